The summed E-state index contributed by atoms with van der Waals surface area (Å²) in [6.07, 6.45) is 4.41. The fourth-order valence-corrected chi connectivity index (χ4v) is 5.02. The number of aromatic nitrogens is 1. The topological polar surface area (TPSA) is 28.5 Å². The van der Waals surface area contributed by atoms with Crippen molar-refractivity contribution in [2.24, 2.45) is 7.05 Å². The van der Waals surface area contributed by atoms with Crippen molar-refractivity contribution >= 4 is 16.8 Å². The van der Waals surface area contributed by atoms with Crippen molar-refractivity contribution in [1.82, 2.24) is 14.4 Å². The quantitative estimate of drug-likeness (QED) is 0.682. The van der Waals surface area contributed by atoms with E-state index >= 15 is 0 Å². The van der Waals surface area contributed by atoms with E-state index in [4.69, 9.17) is 0 Å². The third-order valence-electron chi connectivity index (χ3n) is 6.62. The average Bonchev–Trinajstić information content (AvgIpc) is 3.14. The Morgan fingerprint density at radius 1 is 0.929 bits per heavy atom. The molecule has 2 aliphatic heterocycles. The molecule has 1 aromatic heterocycles. The Morgan fingerprint density at radius 2 is 1.79 bits per heavy atom. The van der Waals surface area contributed by atoms with Gasteiger partial charge < -0.3 is 9.47 Å². The molecule has 2 aromatic carbocycles. The van der Waals surface area contributed by atoms with Gasteiger partial charge in [0.2, 0.25) is 0 Å². The van der Waals surface area contributed by atoms with E-state index in [1.165, 1.54) is 18.4 Å². The molecule has 144 valence electrons. The minimum atomic E-state index is 0.182. The summed E-state index contributed by atoms with van der Waals surface area (Å²) in [6.45, 7) is 3.76. The highest BCUT2D eigenvalue weighted by atomic mass is 16.2. The summed E-state index contributed by atoms with van der Waals surface area (Å²) in [6, 6.07) is 19.5. The summed E-state index contributed by atoms with van der Waals surface area (Å²) in [5.41, 5.74) is 3.41. The van der Waals surface area contributed by atoms with Crippen molar-refractivity contribution in [2.45, 2.75) is 24.8 Å². The summed E-state index contributed by atoms with van der Waals surface area (Å²) in [5.74, 6) is 0.805. The summed E-state index contributed by atoms with van der Waals surface area (Å²) < 4.78 is 2.08. The number of piperazine rings is 1. The summed E-state index contributed by atoms with van der Waals surface area (Å²) in [5, 5.41) is 1.06. The van der Waals surface area contributed by atoms with Crippen LogP contribution in [-0.2, 0) is 7.05 Å². The van der Waals surface area contributed by atoms with Crippen LogP contribution in [0, 0.1) is 0 Å². The molecule has 0 unspecified atom stereocenters. The van der Waals surface area contributed by atoms with Gasteiger partial charge in [0.25, 0.3) is 5.91 Å². The number of benzene rings is 2. The lowest BCUT2D eigenvalue weighted by Crippen LogP contribution is -2.57. The van der Waals surface area contributed by atoms with Crippen molar-refractivity contribution in [3.05, 3.63) is 71.9 Å². The van der Waals surface area contributed by atoms with Gasteiger partial charge in [-0.05, 0) is 42.5 Å². The van der Waals surface area contributed by atoms with Crippen LogP contribution in [0.15, 0.2) is 60.8 Å². The van der Waals surface area contributed by atoms with E-state index in [0.29, 0.717) is 12.0 Å². The monoisotopic (exact) mass is 373 g/mol. The maximum atomic E-state index is 13.3. The van der Waals surface area contributed by atoms with Gasteiger partial charge in [-0.15, -0.1) is 0 Å². The first-order valence-electron chi connectivity index (χ1n) is 10.3. The van der Waals surface area contributed by atoms with Gasteiger partial charge in [-0.25, -0.2) is 0 Å². The van der Waals surface area contributed by atoms with Crippen molar-refractivity contribution in [1.29, 1.82) is 0 Å². The number of carbonyl (C=O) groups is 1. The minimum absolute atomic E-state index is 0.182. The summed E-state index contributed by atoms with van der Waals surface area (Å²) in [4.78, 5) is 18.0. The molecule has 0 N–H and O–H groups in total. The van der Waals surface area contributed by atoms with Gasteiger partial charge in [0, 0.05) is 61.9 Å². The van der Waals surface area contributed by atoms with E-state index in [2.05, 4.69) is 56.8 Å². The molecule has 28 heavy (non-hydrogen) atoms. The summed E-state index contributed by atoms with van der Waals surface area (Å²) in [7, 11) is 2.03. The van der Waals surface area contributed by atoms with E-state index in [0.717, 1.165) is 42.6 Å². The van der Waals surface area contributed by atoms with Crippen LogP contribution < -0.4 is 0 Å². The molecule has 1 amide bonds. The molecular formula is C24H27N3O. The zero-order valence-electron chi connectivity index (χ0n) is 16.4. The number of aryl methyl sites for hydroxylation is 1. The lowest BCUT2D eigenvalue weighted by Gasteiger charge is -2.46. The molecule has 4 nitrogen and oxygen atoms in total. The minimum Gasteiger partial charge on any atom is -0.351 e. The van der Waals surface area contributed by atoms with Gasteiger partial charge >= 0.3 is 0 Å². The second-order valence-electron chi connectivity index (χ2n) is 8.25. The second-order valence-corrected chi connectivity index (χ2v) is 8.25. The molecule has 0 spiro atoms. The number of piperidine rings is 1. The number of rotatable bonds is 2. The maximum absolute atomic E-state index is 13.3. The van der Waals surface area contributed by atoms with E-state index in [9.17, 15) is 4.79 Å². The van der Waals surface area contributed by atoms with Gasteiger partial charge in [0.1, 0.15) is 0 Å². The van der Waals surface area contributed by atoms with Crippen LogP contribution in [0.1, 0.15) is 34.7 Å². The second kappa shape index (κ2) is 7.10. The number of fused-ring (bicyclic) bond motifs is 2. The number of hydrogen-bond acceptors (Lipinski definition) is 2. The lowest BCUT2D eigenvalue weighted by molar-refractivity contribution is 0.0330. The average molecular weight is 374 g/mol. The van der Waals surface area contributed by atoms with Gasteiger partial charge in [0.15, 0.2) is 0 Å². The van der Waals surface area contributed by atoms with Gasteiger partial charge in [-0.1, -0.05) is 36.4 Å². The van der Waals surface area contributed by atoms with Crippen molar-refractivity contribution in [3.63, 3.8) is 0 Å². The fraction of sp³-hybridized carbons (Fsp3) is 0.375. The van der Waals surface area contributed by atoms with Crippen molar-refractivity contribution in [2.75, 3.05) is 26.2 Å². The third-order valence-corrected chi connectivity index (χ3v) is 6.62. The Kier molecular flexibility index (Phi) is 4.44. The highest BCUT2D eigenvalue weighted by Gasteiger charge is 2.35. The molecule has 3 heterocycles. The molecule has 2 aliphatic rings. The number of amides is 1. The number of hydrogen-bond donors (Lipinski definition) is 0. The van der Waals surface area contributed by atoms with Crippen LogP contribution in [0.4, 0.5) is 0 Å². The van der Waals surface area contributed by atoms with Crippen LogP contribution in [0.5, 0.6) is 0 Å². The Labute approximate surface area is 166 Å². The Morgan fingerprint density at radius 3 is 2.64 bits per heavy atom. The van der Waals surface area contributed by atoms with Crippen molar-refractivity contribution < 1.29 is 4.79 Å². The molecule has 0 bridgehead atoms. The molecule has 4 heteroatoms. The molecule has 5 rings (SSSR count). The summed E-state index contributed by atoms with van der Waals surface area (Å²) >= 11 is 0. The first kappa shape index (κ1) is 17.5. The van der Waals surface area contributed by atoms with Gasteiger partial charge in [0.05, 0.1) is 0 Å². The molecule has 0 radical (unpaired) electrons. The fourth-order valence-electron chi connectivity index (χ4n) is 5.02. The molecular weight excluding hydrogens is 346 g/mol. The normalized spacial score (nSPS) is 23.0. The van der Waals surface area contributed by atoms with Crippen molar-refractivity contribution in [3.8, 4) is 0 Å². The molecule has 2 saturated heterocycles. The first-order chi connectivity index (χ1) is 13.7. The third kappa shape index (κ3) is 3.02. The van der Waals surface area contributed by atoms with Crippen LogP contribution in [0.3, 0.4) is 0 Å². The Balaban J connectivity index is 1.31. The largest absolute Gasteiger partial charge is 0.351 e. The van der Waals surface area contributed by atoms with E-state index in [-0.39, 0.29) is 5.91 Å². The SMILES string of the molecule is Cn1ccc2c(C(=O)N3CCN4C[C@@H](c5ccccc5)CC[C@@H]4C3)cccc21. The van der Waals surface area contributed by atoms with E-state index in [1.54, 1.807) is 0 Å². The van der Waals surface area contributed by atoms with Gasteiger partial charge in [-0.2, -0.15) is 0 Å². The zero-order chi connectivity index (χ0) is 19.1. The first-order valence-corrected chi connectivity index (χ1v) is 10.3. The highest BCUT2D eigenvalue weighted by molar-refractivity contribution is 6.06. The van der Waals surface area contributed by atoms with Crippen LogP contribution in [0.25, 0.3) is 10.9 Å². The van der Waals surface area contributed by atoms with Crippen LogP contribution >= 0.6 is 0 Å². The van der Waals surface area contributed by atoms with E-state index < -0.39 is 0 Å². The van der Waals surface area contributed by atoms with E-state index in [1.807, 2.05) is 25.4 Å². The molecule has 2 atom stereocenters. The highest BCUT2D eigenvalue weighted by Crippen LogP contribution is 2.32. The smallest absolute Gasteiger partial charge is 0.254 e. The number of nitrogens with zero attached hydrogens (tertiary/aromatic N) is 3. The number of carbonyl (C=O) groups excluding carboxylic acids is 1. The molecule has 0 saturated carbocycles. The Hall–Kier alpha value is -2.59. The Bertz CT molecular complexity index is 994. The van der Waals surface area contributed by atoms with Gasteiger partial charge in [-0.3, -0.25) is 9.69 Å². The molecule has 3 aromatic rings. The predicted molar refractivity (Wildman–Crippen MR) is 113 cm³/mol. The van der Waals surface area contributed by atoms with Crippen LogP contribution in [-0.4, -0.2) is 52.5 Å². The lowest BCUT2D eigenvalue weighted by atomic mass is 9.86. The molecule has 0 aliphatic carbocycles. The molecule has 2 fully saturated rings. The standard InChI is InChI=1S/C24H27N3O/c1-25-13-12-21-22(8-5-9-23(21)25)24(28)27-15-14-26-16-19(10-11-20(26)17-27)18-6-3-2-4-7-18/h2-9,12-13,19-20H,10-11,14-17H2,1H3/t19-,20+/m0/s1. The zero-order valence-corrected chi connectivity index (χ0v) is 16.4. The predicted octanol–water partition coefficient (Wildman–Crippen LogP) is 3.88. The van der Waals surface area contributed by atoms with Crippen LogP contribution in [0.2, 0.25) is 0 Å². The maximum Gasteiger partial charge on any atom is 0.254 e.